The molecule has 0 aliphatic rings. The molecule has 0 saturated carbocycles. The molecule has 1 rings (SSSR count). The summed E-state index contributed by atoms with van der Waals surface area (Å²) in [6.45, 7) is 8.11. The third-order valence-corrected chi connectivity index (χ3v) is 2.91. The molecule has 8 heteroatoms. The molecule has 0 aliphatic carbocycles. The summed E-state index contributed by atoms with van der Waals surface area (Å²) >= 11 is 0. The van der Waals surface area contributed by atoms with Crippen LogP contribution in [0.4, 0.5) is 10.5 Å². The number of benzene rings is 1. The van der Waals surface area contributed by atoms with Crippen molar-refractivity contribution < 1.29 is 23.9 Å². The molecule has 1 aromatic carbocycles. The van der Waals surface area contributed by atoms with Crippen LogP contribution in [0.25, 0.3) is 0 Å². The molecule has 0 saturated heterocycles. The van der Waals surface area contributed by atoms with E-state index in [1.807, 2.05) is 0 Å². The topological polar surface area (TPSA) is 106 Å². The van der Waals surface area contributed by atoms with E-state index in [4.69, 9.17) is 9.47 Å². The van der Waals surface area contributed by atoms with Crippen LogP contribution in [0.5, 0.6) is 0 Å². The van der Waals surface area contributed by atoms with E-state index in [0.29, 0.717) is 37.6 Å². The first-order valence-corrected chi connectivity index (χ1v) is 8.38. The van der Waals surface area contributed by atoms with Gasteiger partial charge in [-0.05, 0) is 45.0 Å². The van der Waals surface area contributed by atoms with Gasteiger partial charge in [-0.15, -0.1) is 0 Å². The zero-order valence-corrected chi connectivity index (χ0v) is 15.7. The quantitative estimate of drug-likeness (QED) is 0.610. The molecule has 0 aromatic heterocycles. The Bertz CT molecular complexity index is 608. The number of carbonyl (C=O) groups excluding carboxylic acids is 3. The molecule has 0 atom stereocenters. The minimum atomic E-state index is -0.532. The Kier molecular flexibility index (Phi) is 8.57. The third kappa shape index (κ3) is 9.63. The number of carbonyl (C=O) groups is 3. The van der Waals surface area contributed by atoms with E-state index in [1.165, 1.54) is 6.92 Å². The Morgan fingerprint density at radius 1 is 0.962 bits per heavy atom. The second-order valence-electron chi connectivity index (χ2n) is 6.56. The summed E-state index contributed by atoms with van der Waals surface area (Å²) in [6.07, 6.45) is -0.489. The van der Waals surface area contributed by atoms with Crippen molar-refractivity contribution in [2.24, 2.45) is 0 Å². The number of alkyl carbamates (subject to hydrolysis) is 1. The summed E-state index contributed by atoms with van der Waals surface area (Å²) in [5, 5.41) is 7.94. The average Bonchev–Trinajstić information content (AvgIpc) is 2.52. The van der Waals surface area contributed by atoms with Crippen molar-refractivity contribution in [1.29, 1.82) is 0 Å². The lowest BCUT2D eigenvalue weighted by atomic mass is 10.2. The Morgan fingerprint density at radius 3 is 2.08 bits per heavy atom. The highest BCUT2D eigenvalue weighted by molar-refractivity contribution is 5.95. The zero-order chi connectivity index (χ0) is 19.6. The smallest absolute Gasteiger partial charge is 0.407 e. The molecule has 144 valence electrons. The number of nitrogens with one attached hydrogen (secondary N) is 3. The van der Waals surface area contributed by atoms with E-state index in [0.717, 1.165) is 0 Å². The van der Waals surface area contributed by atoms with Gasteiger partial charge in [-0.2, -0.15) is 0 Å². The first kappa shape index (κ1) is 21.4. The highest BCUT2D eigenvalue weighted by Gasteiger charge is 2.15. The Labute approximate surface area is 153 Å². The van der Waals surface area contributed by atoms with Crippen molar-refractivity contribution in [3.05, 3.63) is 29.8 Å². The Hall–Kier alpha value is -2.61. The maximum atomic E-state index is 12.0. The van der Waals surface area contributed by atoms with Crippen LogP contribution >= 0.6 is 0 Å². The van der Waals surface area contributed by atoms with Crippen molar-refractivity contribution in [2.75, 3.05) is 31.6 Å². The molecule has 0 unspecified atom stereocenters. The molecule has 1 aromatic rings. The van der Waals surface area contributed by atoms with E-state index >= 15 is 0 Å². The summed E-state index contributed by atoms with van der Waals surface area (Å²) < 4.78 is 10.4. The van der Waals surface area contributed by atoms with Crippen LogP contribution < -0.4 is 16.0 Å². The fraction of sp³-hybridized carbons (Fsp3) is 0.500. The van der Waals surface area contributed by atoms with E-state index < -0.39 is 11.7 Å². The first-order chi connectivity index (χ1) is 12.2. The van der Waals surface area contributed by atoms with Gasteiger partial charge in [-0.25, -0.2) is 4.79 Å². The van der Waals surface area contributed by atoms with Crippen LogP contribution in [0.1, 0.15) is 38.1 Å². The van der Waals surface area contributed by atoms with Gasteiger partial charge in [0.1, 0.15) is 5.60 Å². The maximum Gasteiger partial charge on any atom is 0.407 e. The SMILES string of the molecule is CC(=O)Nc1ccc(C(=O)NCCOCCNC(=O)OC(C)(C)C)cc1. The summed E-state index contributed by atoms with van der Waals surface area (Å²) in [5.74, 6) is -0.393. The normalized spacial score (nSPS) is 10.8. The van der Waals surface area contributed by atoms with E-state index in [1.54, 1.807) is 45.0 Å². The van der Waals surface area contributed by atoms with Crippen molar-refractivity contribution >= 4 is 23.6 Å². The van der Waals surface area contributed by atoms with E-state index in [2.05, 4.69) is 16.0 Å². The van der Waals surface area contributed by atoms with Gasteiger partial charge in [-0.3, -0.25) is 9.59 Å². The van der Waals surface area contributed by atoms with Gasteiger partial charge in [0.2, 0.25) is 5.91 Å². The number of amides is 3. The Balaban J connectivity index is 2.15. The minimum absolute atomic E-state index is 0.166. The molecule has 0 heterocycles. The summed E-state index contributed by atoms with van der Waals surface area (Å²) in [7, 11) is 0. The zero-order valence-electron chi connectivity index (χ0n) is 15.7. The number of rotatable bonds is 8. The van der Waals surface area contributed by atoms with Gasteiger partial charge in [0.05, 0.1) is 13.2 Å². The highest BCUT2D eigenvalue weighted by atomic mass is 16.6. The number of anilines is 1. The van der Waals surface area contributed by atoms with Crippen LogP contribution in [-0.2, 0) is 14.3 Å². The summed E-state index contributed by atoms with van der Waals surface area (Å²) in [6, 6.07) is 6.59. The molecule has 26 heavy (non-hydrogen) atoms. The third-order valence-electron chi connectivity index (χ3n) is 2.91. The van der Waals surface area contributed by atoms with Crippen molar-refractivity contribution in [1.82, 2.24) is 10.6 Å². The number of hydrogen-bond donors (Lipinski definition) is 3. The fourth-order valence-electron chi connectivity index (χ4n) is 1.89. The van der Waals surface area contributed by atoms with Gasteiger partial charge in [-0.1, -0.05) is 0 Å². The van der Waals surface area contributed by atoms with Gasteiger partial charge < -0.3 is 25.4 Å². The second-order valence-corrected chi connectivity index (χ2v) is 6.56. The molecule has 0 radical (unpaired) electrons. The highest BCUT2D eigenvalue weighted by Crippen LogP contribution is 2.09. The molecule has 0 spiro atoms. The molecular weight excluding hydrogens is 338 g/mol. The van der Waals surface area contributed by atoms with Crippen LogP contribution in [-0.4, -0.2) is 49.8 Å². The Morgan fingerprint density at radius 2 is 1.54 bits per heavy atom. The van der Waals surface area contributed by atoms with Crippen molar-refractivity contribution in [2.45, 2.75) is 33.3 Å². The summed E-state index contributed by atoms with van der Waals surface area (Å²) in [4.78, 5) is 34.3. The van der Waals surface area contributed by atoms with E-state index in [-0.39, 0.29) is 11.8 Å². The van der Waals surface area contributed by atoms with Gasteiger partial charge >= 0.3 is 6.09 Å². The molecule has 0 bridgehead atoms. The molecular formula is C18H27N3O5. The lowest BCUT2D eigenvalue weighted by Gasteiger charge is -2.19. The van der Waals surface area contributed by atoms with Gasteiger partial charge in [0.15, 0.2) is 0 Å². The monoisotopic (exact) mass is 365 g/mol. The summed E-state index contributed by atoms with van der Waals surface area (Å²) in [5.41, 5.74) is 0.593. The van der Waals surface area contributed by atoms with E-state index in [9.17, 15) is 14.4 Å². The minimum Gasteiger partial charge on any atom is -0.444 e. The predicted molar refractivity (Wildman–Crippen MR) is 98.1 cm³/mol. The van der Waals surface area contributed by atoms with Gasteiger partial charge in [0.25, 0.3) is 5.91 Å². The lowest BCUT2D eigenvalue weighted by molar-refractivity contribution is -0.114. The van der Waals surface area contributed by atoms with Crippen molar-refractivity contribution in [3.63, 3.8) is 0 Å². The predicted octanol–water partition coefficient (Wildman–Crippen LogP) is 1.92. The van der Waals surface area contributed by atoms with Gasteiger partial charge in [0, 0.05) is 31.3 Å². The molecule has 0 fully saturated rings. The van der Waals surface area contributed by atoms with Crippen LogP contribution in [0.3, 0.4) is 0 Å². The molecule has 8 nitrogen and oxygen atoms in total. The molecule has 0 aliphatic heterocycles. The number of ether oxygens (including phenoxy) is 2. The lowest BCUT2D eigenvalue weighted by Crippen LogP contribution is -2.34. The molecule has 3 N–H and O–H groups in total. The second kappa shape index (κ2) is 10.4. The van der Waals surface area contributed by atoms with Crippen LogP contribution in [0.2, 0.25) is 0 Å². The largest absolute Gasteiger partial charge is 0.444 e. The average molecular weight is 365 g/mol. The fourth-order valence-corrected chi connectivity index (χ4v) is 1.89. The molecule has 3 amide bonds. The maximum absolute atomic E-state index is 12.0. The van der Waals surface area contributed by atoms with Crippen LogP contribution in [0, 0.1) is 0 Å². The standard InChI is InChI=1S/C18H27N3O5/c1-13(22)21-15-7-5-14(6-8-15)16(23)19-9-11-25-12-10-20-17(24)26-18(2,3)4/h5-8H,9-12H2,1-4H3,(H,19,23)(H,20,24)(H,21,22). The number of hydrogen-bond acceptors (Lipinski definition) is 5. The van der Waals surface area contributed by atoms with Crippen LogP contribution in [0.15, 0.2) is 24.3 Å². The van der Waals surface area contributed by atoms with Crippen molar-refractivity contribution in [3.8, 4) is 0 Å². The first-order valence-electron chi connectivity index (χ1n) is 8.38.